The number of nitrogens with zero attached hydrogens (tertiary/aromatic N) is 5. The van der Waals surface area contributed by atoms with Crippen LogP contribution >= 0.6 is 11.8 Å². The van der Waals surface area contributed by atoms with Crippen molar-refractivity contribution in [3.8, 4) is 6.07 Å². The summed E-state index contributed by atoms with van der Waals surface area (Å²) in [5.41, 5.74) is 4.04. The number of hydrogen-bond acceptors (Lipinski definition) is 7. The van der Waals surface area contributed by atoms with Crippen molar-refractivity contribution < 1.29 is 9.53 Å². The maximum atomic E-state index is 12.9. The molecule has 38 heavy (non-hydrogen) atoms. The summed E-state index contributed by atoms with van der Waals surface area (Å²) in [6, 6.07) is 16.9. The quantitative estimate of drug-likeness (QED) is 0.296. The molecule has 2 aromatic carbocycles. The van der Waals surface area contributed by atoms with Crippen LogP contribution in [0.2, 0.25) is 0 Å². The van der Waals surface area contributed by atoms with Gasteiger partial charge in [0.25, 0.3) is 0 Å². The summed E-state index contributed by atoms with van der Waals surface area (Å²) in [4.78, 5) is 26.6. The van der Waals surface area contributed by atoms with E-state index in [-0.39, 0.29) is 18.6 Å². The zero-order valence-electron chi connectivity index (χ0n) is 22.4. The minimum absolute atomic E-state index is 0.240. The number of carbonyl (C=O) groups is 1. The van der Waals surface area contributed by atoms with E-state index in [9.17, 15) is 10.1 Å². The average Bonchev–Trinajstić information content (AvgIpc) is 2.91. The third-order valence-corrected chi connectivity index (χ3v) is 7.56. The van der Waals surface area contributed by atoms with Crippen LogP contribution < -0.4 is 4.90 Å². The minimum Gasteiger partial charge on any atom is -0.444 e. The highest BCUT2D eigenvalue weighted by molar-refractivity contribution is 7.98. The van der Waals surface area contributed by atoms with Gasteiger partial charge in [0, 0.05) is 25.2 Å². The van der Waals surface area contributed by atoms with Crippen molar-refractivity contribution in [2.75, 3.05) is 30.8 Å². The number of anilines is 1. The highest BCUT2D eigenvalue weighted by Crippen LogP contribution is 2.37. The minimum atomic E-state index is -0.585. The zero-order valence-corrected chi connectivity index (χ0v) is 23.2. The monoisotopic (exact) mass is 527 g/mol. The Morgan fingerprint density at radius 3 is 2.68 bits per heavy atom. The summed E-state index contributed by atoms with van der Waals surface area (Å²) in [5.74, 6) is 0.916. The second-order valence-corrected chi connectivity index (χ2v) is 11.5. The molecule has 2 aliphatic rings. The first-order valence-electron chi connectivity index (χ1n) is 13.0. The molecular weight excluding hydrogens is 494 g/mol. The van der Waals surface area contributed by atoms with Crippen molar-refractivity contribution in [2.45, 2.75) is 56.8 Å². The predicted molar refractivity (Wildman–Crippen MR) is 153 cm³/mol. The Morgan fingerprint density at radius 2 is 1.92 bits per heavy atom. The number of ether oxygens (including phenoxy) is 1. The van der Waals surface area contributed by atoms with E-state index in [0.29, 0.717) is 19.6 Å². The van der Waals surface area contributed by atoms with E-state index < -0.39 is 5.60 Å². The highest BCUT2D eigenvalue weighted by Gasteiger charge is 2.35. The lowest BCUT2D eigenvalue weighted by molar-refractivity contribution is 0.0144. The number of fused-ring (bicyclic) bond motifs is 2. The van der Waals surface area contributed by atoms with E-state index in [0.717, 1.165) is 35.1 Å². The van der Waals surface area contributed by atoms with Crippen LogP contribution in [0.5, 0.6) is 0 Å². The number of rotatable bonds is 4. The molecule has 1 atom stereocenters. The van der Waals surface area contributed by atoms with Crippen LogP contribution in [-0.4, -0.2) is 58.5 Å². The van der Waals surface area contributed by atoms with Gasteiger partial charge in [-0.15, -0.1) is 0 Å². The first-order chi connectivity index (χ1) is 18.3. The van der Waals surface area contributed by atoms with E-state index in [1.54, 1.807) is 4.90 Å². The molecule has 2 heterocycles. The summed E-state index contributed by atoms with van der Waals surface area (Å²) in [7, 11) is 0. The van der Waals surface area contributed by atoms with Crippen molar-refractivity contribution in [1.29, 1.82) is 5.26 Å². The van der Waals surface area contributed by atoms with Crippen molar-refractivity contribution >= 4 is 46.1 Å². The molecule has 1 aliphatic carbocycles. The molecule has 1 fully saturated rings. The summed E-state index contributed by atoms with van der Waals surface area (Å²) >= 11 is 1.53. The van der Waals surface area contributed by atoms with Crippen LogP contribution in [0.4, 0.5) is 10.6 Å². The van der Waals surface area contributed by atoms with Gasteiger partial charge in [0.05, 0.1) is 24.2 Å². The Morgan fingerprint density at radius 1 is 1.13 bits per heavy atom. The lowest BCUT2D eigenvalue weighted by Crippen LogP contribution is -2.56. The fourth-order valence-corrected chi connectivity index (χ4v) is 5.65. The normalized spacial score (nSPS) is 17.6. The van der Waals surface area contributed by atoms with Gasteiger partial charge in [-0.3, -0.25) is 0 Å². The fourth-order valence-electron chi connectivity index (χ4n) is 5.28. The topological polar surface area (TPSA) is 82.4 Å². The molecule has 0 saturated carbocycles. The highest BCUT2D eigenvalue weighted by atomic mass is 32.2. The van der Waals surface area contributed by atoms with Crippen molar-refractivity contribution in [2.24, 2.45) is 0 Å². The Bertz CT molecular complexity index is 1430. The average molecular weight is 528 g/mol. The Balaban J connectivity index is 1.48. The predicted octanol–water partition coefficient (Wildman–Crippen LogP) is 6.18. The molecule has 1 saturated heterocycles. The van der Waals surface area contributed by atoms with Crippen LogP contribution in [-0.2, 0) is 11.2 Å². The molecule has 7 nitrogen and oxygen atoms in total. The van der Waals surface area contributed by atoms with Gasteiger partial charge in [-0.05, 0) is 67.9 Å². The van der Waals surface area contributed by atoms with E-state index in [1.165, 1.54) is 33.7 Å². The van der Waals surface area contributed by atoms with E-state index in [2.05, 4.69) is 59.5 Å². The molecule has 1 aliphatic heterocycles. The van der Waals surface area contributed by atoms with Gasteiger partial charge in [-0.1, -0.05) is 54.2 Å². The lowest BCUT2D eigenvalue weighted by atomic mass is 9.88. The maximum absolute atomic E-state index is 12.9. The molecule has 0 unspecified atom stereocenters. The number of thioether (sulfide) groups is 1. The van der Waals surface area contributed by atoms with Crippen LogP contribution in [0.25, 0.3) is 22.4 Å². The van der Waals surface area contributed by atoms with Gasteiger partial charge < -0.3 is 14.5 Å². The molecule has 8 heteroatoms. The van der Waals surface area contributed by atoms with E-state index >= 15 is 0 Å². The van der Waals surface area contributed by atoms with Gasteiger partial charge in [-0.25, -0.2) is 14.8 Å². The van der Waals surface area contributed by atoms with Gasteiger partial charge in [0.2, 0.25) is 0 Å². The Hall–Kier alpha value is -3.57. The number of benzene rings is 2. The van der Waals surface area contributed by atoms with Gasteiger partial charge in [-0.2, -0.15) is 5.26 Å². The summed E-state index contributed by atoms with van der Waals surface area (Å²) < 4.78 is 5.63. The van der Waals surface area contributed by atoms with Crippen molar-refractivity contribution in [3.05, 3.63) is 59.3 Å². The van der Waals surface area contributed by atoms with Crippen molar-refractivity contribution in [1.82, 2.24) is 14.9 Å². The van der Waals surface area contributed by atoms with E-state index in [4.69, 9.17) is 14.7 Å². The maximum Gasteiger partial charge on any atom is 0.410 e. The van der Waals surface area contributed by atoms with Crippen LogP contribution in [0.15, 0.2) is 47.6 Å². The van der Waals surface area contributed by atoms with Gasteiger partial charge >= 0.3 is 6.09 Å². The zero-order chi connectivity index (χ0) is 26.9. The molecule has 1 aromatic heterocycles. The number of aromatic nitrogens is 2. The molecule has 0 spiro atoms. The molecular formula is C30H33N5O2S. The third-order valence-electron chi connectivity index (χ3n) is 7.01. The fraction of sp³-hybridized carbons (Fsp3) is 0.400. The number of hydrogen-bond donors (Lipinski definition) is 0. The van der Waals surface area contributed by atoms with Crippen LogP contribution in [0.3, 0.4) is 0 Å². The summed E-state index contributed by atoms with van der Waals surface area (Å²) in [5, 5.41) is 12.7. The Kier molecular flexibility index (Phi) is 7.31. The summed E-state index contributed by atoms with van der Waals surface area (Å²) in [6.45, 7) is 7.21. The summed E-state index contributed by atoms with van der Waals surface area (Å²) in [6.07, 6.45) is 5.81. The Labute approximate surface area is 228 Å². The number of nitriles is 1. The first-order valence-corrected chi connectivity index (χ1v) is 14.2. The second-order valence-electron chi connectivity index (χ2n) is 10.7. The van der Waals surface area contributed by atoms with E-state index in [1.807, 2.05) is 27.0 Å². The SMILES string of the molecule is CSc1nc2c(c(N3CCN(C(=O)OC(C)(C)C)[C@@H](CC#N)C3)n1)CCC(c1cccc3ccccc13)=C2. The van der Waals surface area contributed by atoms with Gasteiger partial charge in [0.15, 0.2) is 5.16 Å². The molecule has 196 valence electrons. The first kappa shape index (κ1) is 26.1. The molecule has 1 amide bonds. The molecule has 0 N–H and O–H groups in total. The van der Waals surface area contributed by atoms with Crippen LogP contribution in [0, 0.1) is 11.3 Å². The standard InChI is InChI=1S/C30H33N5O2S/c1-30(2,3)37-29(36)35-17-16-34(19-22(35)14-15-31)27-25-13-12-21(18-26(25)32-28(33-27)38-4)24-11-7-9-20-8-5-6-10-23(20)24/h5-11,18,22H,12-14,16-17,19H2,1-4H3/t22-/m0/s1. The largest absolute Gasteiger partial charge is 0.444 e. The van der Waals surface area contributed by atoms with Crippen molar-refractivity contribution in [3.63, 3.8) is 0 Å². The third kappa shape index (κ3) is 5.34. The lowest BCUT2D eigenvalue weighted by Gasteiger charge is -2.42. The molecule has 0 radical (unpaired) electrons. The second kappa shape index (κ2) is 10.7. The molecule has 3 aromatic rings. The number of piperazine rings is 1. The smallest absolute Gasteiger partial charge is 0.410 e. The number of allylic oxidation sites excluding steroid dienone is 1. The molecule has 0 bridgehead atoms. The molecule has 5 rings (SSSR count). The number of amides is 1. The van der Waals surface area contributed by atoms with Crippen LogP contribution in [0.1, 0.15) is 50.4 Å². The van der Waals surface area contributed by atoms with Gasteiger partial charge in [0.1, 0.15) is 11.4 Å². The number of carbonyl (C=O) groups excluding carboxylic acids is 1.